The number of rotatable bonds is 11. The van der Waals surface area contributed by atoms with Crippen molar-refractivity contribution in [3.8, 4) is 22.6 Å². The van der Waals surface area contributed by atoms with Crippen molar-refractivity contribution in [2.24, 2.45) is 0 Å². The molecule has 0 atom stereocenters. The molecule has 0 fully saturated rings. The molecule has 1 amide bonds. The van der Waals surface area contributed by atoms with Crippen LogP contribution in [0, 0.1) is 0 Å². The van der Waals surface area contributed by atoms with E-state index in [2.05, 4.69) is 6.58 Å². The van der Waals surface area contributed by atoms with E-state index in [-0.39, 0.29) is 18.7 Å². The van der Waals surface area contributed by atoms with Crippen molar-refractivity contribution >= 4 is 50.9 Å². The van der Waals surface area contributed by atoms with E-state index >= 15 is 0 Å². The molecule has 32 heavy (non-hydrogen) atoms. The number of halogens is 3. The van der Waals surface area contributed by atoms with Gasteiger partial charge < -0.3 is 14.6 Å². The van der Waals surface area contributed by atoms with E-state index in [9.17, 15) is 13.2 Å². The van der Waals surface area contributed by atoms with Crippen molar-refractivity contribution in [2.45, 2.75) is 6.42 Å². The third kappa shape index (κ3) is 7.48. The average molecular weight is 523 g/mol. The standard InChI is InChI=1S/C21H22Cl3NO6S/c1-14(12-25(21(26)27)32(2,28)29)13-31-17-6-4-15(5-7-17)16-10-18(23)20(19(24)11-16)30-9-3-8-22/h4-7,10-11H,1,3,8-9,12-13H2,2H3,(H,26,27). The van der Waals surface area contributed by atoms with Gasteiger partial charge in [-0.15, -0.1) is 11.6 Å². The summed E-state index contributed by atoms with van der Waals surface area (Å²) in [6, 6.07) is 10.5. The molecular formula is C21H22Cl3NO6S. The quantitative estimate of drug-likeness (QED) is 0.236. The Morgan fingerprint density at radius 1 is 1.09 bits per heavy atom. The molecule has 0 aliphatic rings. The Balaban J connectivity index is 2.03. The van der Waals surface area contributed by atoms with Crippen LogP contribution in [0.25, 0.3) is 11.1 Å². The van der Waals surface area contributed by atoms with Gasteiger partial charge in [-0.05, 0) is 47.4 Å². The Morgan fingerprint density at radius 2 is 1.69 bits per heavy atom. The zero-order valence-electron chi connectivity index (χ0n) is 17.2. The van der Waals surface area contributed by atoms with Gasteiger partial charge in [-0.2, -0.15) is 0 Å². The van der Waals surface area contributed by atoms with E-state index in [4.69, 9.17) is 49.4 Å². The van der Waals surface area contributed by atoms with Gasteiger partial charge in [0.05, 0.1) is 29.5 Å². The van der Waals surface area contributed by atoms with Crippen LogP contribution in [0.2, 0.25) is 10.0 Å². The van der Waals surface area contributed by atoms with Gasteiger partial charge in [-0.25, -0.2) is 17.5 Å². The van der Waals surface area contributed by atoms with Gasteiger partial charge in [-0.3, -0.25) is 0 Å². The molecule has 0 aliphatic carbocycles. The average Bonchev–Trinajstić information content (AvgIpc) is 2.71. The van der Waals surface area contributed by atoms with E-state index in [1.165, 1.54) is 0 Å². The summed E-state index contributed by atoms with van der Waals surface area (Å²) in [6.07, 6.45) is -0.0944. The summed E-state index contributed by atoms with van der Waals surface area (Å²) in [5.41, 5.74) is 1.90. The minimum atomic E-state index is -3.91. The highest BCUT2D eigenvalue weighted by molar-refractivity contribution is 7.88. The first-order valence-electron chi connectivity index (χ1n) is 9.31. The number of hydrogen-bond acceptors (Lipinski definition) is 5. The van der Waals surface area contributed by atoms with Crippen LogP contribution >= 0.6 is 34.8 Å². The van der Waals surface area contributed by atoms with Gasteiger partial charge >= 0.3 is 6.09 Å². The Labute approximate surface area is 202 Å². The normalized spacial score (nSPS) is 11.1. The summed E-state index contributed by atoms with van der Waals surface area (Å²) in [5.74, 6) is 1.38. The monoisotopic (exact) mass is 521 g/mol. The molecule has 0 radical (unpaired) electrons. The zero-order valence-corrected chi connectivity index (χ0v) is 20.3. The van der Waals surface area contributed by atoms with E-state index in [1.807, 2.05) is 0 Å². The molecule has 0 aromatic heterocycles. The van der Waals surface area contributed by atoms with Crippen LogP contribution in [0.5, 0.6) is 11.5 Å². The largest absolute Gasteiger partial charge is 0.490 e. The van der Waals surface area contributed by atoms with Gasteiger partial charge in [0.25, 0.3) is 0 Å². The number of sulfonamides is 1. The fourth-order valence-corrected chi connectivity index (χ4v) is 4.00. The molecule has 1 N–H and O–H groups in total. The van der Waals surface area contributed by atoms with Crippen LogP contribution in [-0.2, 0) is 10.0 Å². The maximum Gasteiger partial charge on any atom is 0.421 e. The number of carboxylic acid groups (broad SMARTS) is 1. The first-order chi connectivity index (χ1) is 15.0. The molecule has 11 heteroatoms. The fourth-order valence-electron chi connectivity index (χ4n) is 2.60. The molecule has 0 aliphatic heterocycles. The van der Waals surface area contributed by atoms with Crippen molar-refractivity contribution in [3.05, 3.63) is 58.6 Å². The molecule has 0 unspecified atom stereocenters. The van der Waals surface area contributed by atoms with Crippen LogP contribution in [-0.4, -0.2) is 55.8 Å². The van der Waals surface area contributed by atoms with Crippen LogP contribution in [0.1, 0.15) is 6.42 Å². The Hall–Kier alpha value is -2.13. The van der Waals surface area contributed by atoms with E-state index in [0.29, 0.717) is 44.8 Å². The van der Waals surface area contributed by atoms with Crippen molar-refractivity contribution in [2.75, 3.05) is 31.9 Å². The molecule has 0 bridgehead atoms. The summed E-state index contributed by atoms with van der Waals surface area (Å²) in [7, 11) is -3.91. The molecule has 2 rings (SSSR count). The summed E-state index contributed by atoms with van der Waals surface area (Å²) in [4.78, 5) is 11.1. The SMILES string of the molecule is C=C(COc1ccc(-c2cc(Cl)c(OCCCCl)c(Cl)c2)cc1)CN(C(=O)O)S(C)(=O)=O. The van der Waals surface area contributed by atoms with Gasteiger partial charge in [-0.1, -0.05) is 41.9 Å². The van der Waals surface area contributed by atoms with Gasteiger partial charge in [0.2, 0.25) is 10.0 Å². The molecule has 0 saturated heterocycles. The van der Waals surface area contributed by atoms with Crippen LogP contribution in [0.15, 0.2) is 48.6 Å². The summed E-state index contributed by atoms with van der Waals surface area (Å²) >= 11 is 18.3. The third-order valence-electron chi connectivity index (χ3n) is 4.13. The smallest absolute Gasteiger partial charge is 0.421 e. The maximum absolute atomic E-state index is 11.5. The number of nitrogens with zero attached hydrogens (tertiary/aromatic N) is 1. The van der Waals surface area contributed by atoms with Crippen molar-refractivity contribution in [3.63, 3.8) is 0 Å². The summed E-state index contributed by atoms with van der Waals surface area (Å²) < 4.78 is 34.5. The summed E-state index contributed by atoms with van der Waals surface area (Å²) in [5, 5.41) is 9.79. The summed E-state index contributed by atoms with van der Waals surface area (Å²) in [6.45, 7) is 3.66. The van der Waals surface area contributed by atoms with E-state index < -0.39 is 16.1 Å². The van der Waals surface area contributed by atoms with Crippen LogP contribution < -0.4 is 9.47 Å². The highest BCUT2D eigenvalue weighted by Crippen LogP contribution is 2.38. The molecule has 0 saturated carbocycles. The number of hydrogen-bond donors (Lipinski definition) is 1. The molecule has 174 valence electrons. The molecular weight excluding hydrogens is 501 g/mol. The number of carbonyl (C=O) groups is 1. The lowest BCUT2D eigenvalue weighted by molar-refractivity contribution is 0.174. The Morgan fingerprint density at radius 3 is 2.19 bits per heavy atom. The predicted molar refractivity (Wildman–Crippen MR) is 127 cm³/mol. The third-order valence-corrected chi connectivity index (χ3v) is 6.05. The van der Waals surface area contributed by atoms with Gasteiger partial charge in [0.15, 0.2) is 5.75 Å². The first-order valence-corrected chi connectivity index (χ1v) is 12.4. The molecule has 2 aromatic rings. The second-order valence-electron chi connectivity index (χ2n) is 6.78. The Bertz CT molecular complexity index is 1050. The first kappa shape index (κ1) is 26.1. The molecule has 7 nitrogen and oxygen atoms in total. The number of amides is 1. The second-order valence-corrected chi connectivity index (χ2v) is 9.87. The number of ether oxygens (including phenoxy) is 2. The van der Waals surface area contributed by atoms with E-state index in [0.717, 1.165) is 17.4 Å². The van der Waals surface area contributed by atoms with Gasteiger partial charge in [0.1, 0.15) is 12.4 Å². The lowest BCUT2D eigenvalue weighted by atomic mass is 10.1. The van der Waals surface area contributed by atoms with Crippen molar-refractivity contribution in [1.82, 2.24) is 4.31 Å². The maximum atomic E-state index is 11.5. The van der Waals surface area contributed by atoms with E-state index in [1.54, 1.807) is 36.4 Å². The van der Waals surface area contributed by atoms with Crippen molar-refractivity contribution < 1.29 is 27.8 Å². The van der Waals surface area contributed by atoms with Crippen LogP contribution in [0.3, 0.4) is 0 Å². The van der Waals surface area contributed by atoms with Gasteiger partial charge in [0, 0.05) is 5.88 Å². The van der Waals surface area contributed by atoms with Crippen molar-refractivity contribution in [1.29, 1.82) is 0 Å². The molecule has 0 heterocycles. The fraction of sp³-hybridized carbons (Fsp3) is 0.286. The highest BCUT2D eigenvalue weighted by Gasteiger charge is 2.23. The predicted octanol–water partition coefficient (Wildman–Crippen LogP) is 5.54. The zero-order chi connectivity index (χ0) is 23.9. The second kappa shape index (κ2) is 11.7. The minimum absolute atomic E-state index is 0.0510. The Kier molecular flexibility index (Phi) is 9.51. The number of benzene rings is 2. The topological polar surface area (TPSA) is 93.1 Å². The molecule has 0 spiro atoms. The molecule has 2 aromatic carbocycles. The minimum Gasteiger partial charge on any atom is -0.490 e. The lowest BCUT2D eigenvalue weighted by Gasteiger charge is -2.18. The number of alkyl halides is 1. The lowest BCUT2D eigenvalue weighted by Crippen LogP contribution is -2.37. The van der Waals surface area contributed by atoms with Crippen LogP contribution in [0.4, 0.5) is 4.79 Å². The highest BCUT2D eigenvalue weighted by atomic mass is 35.5.